The maximum atomic E-state index is 13.1. The zero-order chi connectivity index (χ0) is 26.6. The average Bonchev–Trinajstić information content (AvgIpc) is 2.82. The first kappa shape index (κ1) is 28.3. The molecule has 0 aromatic heterocycles. The molecule has 0 saturated heterocycles. The molecule has 0 aliphatic rings. The number of nitrogens with one attached hydrogen (secondary N) is 1. The van der Waals surface area contributed by atoms with Crippen molar-refractivity contribution in [1.82, 2.24) is 0 Å². The van der Waals surface area contributed by atoms with Gasteiger partial charge in [0.25, 0.3) is 0 Å². The molecule has 3 aromatic rings. The predicted molar refractivity (Wildman–Crippen MR) is 161 cm³/mol. The first-order valence-corrected chi connectivity index (χ1v) is 25.9. The van der Waals surface area contributed by atoms with Crippen molar-refractivity contribution >= 4 is 47.0 Å². The molecule has 3 nitrogen and oxygen atoms in total. The molecule has 1 N–H and O–H groups in total. The van der Waals surface area contributed by atoms with Gasteiger partial charge in [0.2, 0.25) is 0 Å². The molecule has 0 aliphatic carbocycles. The van der Waals surface area contributed by atoms with Crippen LogP contribution in [0.1, 0.15) is 25.8 Å². The van der Waals surface area contributed by atoms with Crippen LogP contribution in [0, 0.1) is 0 Å². The van der Waals surface area contributed by atoms with E-state index in [9.17, 15) is 4.79 Å². The Balaban J connectivity index is 1.78. The minimum atomic E-state index is -2.53. The first-order chi connectivity index (χ1) is 16.8. The van der Waals surface area contributed by atoms with Crippen LogP contribution in [0.4, 0.5) is 10.5 Å². The van der Waals surface area contributed by atoms with Gasteiger partial charge in [-0.1, -0.05) is 18.2 Å². The molecule has 0 saturated carbocycles. The molecule has 1 amide bonds. The molecule has 0 radical (unpaired) electrons. The standard InChI is InChI=1S/C28H32NO2Si.3CH3.Sn/c1-6-7-21-32(4,5)26-19-17-25(18-20-26)29-27(30)31-28(2,3)24-15-13-23(14-16-24)22-11-9-8-10-12-22;;;;/h6,8-17,19-20H,1,7,21H2,2-5H3,(H,29,30);3*1H3;. The van der Waals surface area contributed by atoms with E-state index in [1.807, 2.05) is 50.3 Å². The second-order valence-electron chi connectivity index (χ2n) is 11.7. The number of carbonyl (C=O) groups excluding carboxylic acids is 1. The third kappa shape index (κ3) is 7.13. The second kappa shape index (κ2) is 11.4. The fourth-order valence-corrected chi connectivity index (χ4v) is 11.5. The van der Waals surface area contributed by atoms with Gasteiger partial charge < -0.3 is 0 Å². The topological polar surface area (TPSA) is 38.3 Å². The molecule has 0 unspecified atom stereocenters. The number of hydrogen-bond donors (Lipinski definition) is 1. The summed E-state index contributed by atoms with van der Waals surface area (Å²) in [5.74, 6) is 0. The van der Waals surface area contributed by atoms with Crippen LogP contribution < -0.4 is 14.1 Å². The monoisotopic (exact) mass is 607 g/mol. The number of rotatable bonds is 9. The number of hydrogen-bond acceptors (Lipinski definition) is 2. The van der Waals surface area contributed by atoms with E-state index < -0.39 is 38.1 Å². The van der Waals surface area contributed by atoms with E-state index in [1.165, 1.54) is 20.4 Å². The van der Waals surface area contributed by atoms with Crippen LogP contribution in [-0.2, 0) is 10.3 Å². The molecule has 3 aromatic carbocycles. The summed E-state index contributed by atoms with van der Waals surface area (Å²) in [4.78, 5) is 20.2. The fourth-order valence-electron chi connectivity index (χ4n) is 4.42. The van der Waals surface area contributed by atoms with Gasteiger partial charge in [0, 0.05) is 0 Å². The Morgan fingerprint density at radius 2 is 1.58 bits per heavy atom. The number of benzene rings is 3. The van der Waals surface area contributed by atoms with Crippen molar-refractivity contribution in [2.24, 2.45) is 0 Å². The van der Waals surface area contributed by atoms with Gasteiger partial charge in [-0.3, -0.25) is 0 Å². The number of allylic oxidation sites excluding steroid dienone is 1. The maximum absolute atomic E-state index is 13.1. The number of amides is 1. The molecule has 190 valence electrons. The van der Waals surface area contributed by atoms with Crippen molar-refractivity contribution in [2.75, 3.05) is 5.32 Å². The average molecular weight is 606 g/mol. The number of carbonyl (C=O) groups is 1. The van der Waals surface area contributed by atoms with Crippen LogP contribution in [-0.4, -0.2) is 32.5 Å². The molecule has 0 fully saturated rings. The molecule has 5 heteroatoms. The van der Waals surface area contributed by atoms with Crippen LogP contribution in [0.15, 0.2) is 85.5 Å². The van der Waals surface area contributed by atoms with Gasteiger partial charge >= 0.3 is 206 Å². The molecule has 0 bridgehead atoms. The summed E-state index contributed by atoms with van der Waals surface area (Å²) in [6.07, 6.45) is 2.64. The summed E-state index contributed by atoms with van der Waals surface area (Å²) in [5.41, 5.74) is 3.40. The van der Waals surface area contributed by atoms with E-state index in [-0.39, 0.29) is 0 Å². The van der Waals surface area contributed by atoms with Crippen molar-refractivity contribution in [1.29, 1.82) is 0 Å². The van der Waals surface area contributed by atoms with Gasteiger partial charge in [0.1, 0.15) is 0 Å². The summed E-state index contributed by atoms with van der Waals surface area (Å²) < 4.78 is 7.30. The predicted octanol–water partition coefficient (Wildman–Crippen LogP) is 7.87. The van der Waals surface area contributed by atoms with Crippen molar-refractivity contribution in [3.8, 4) is 11.1 Å². The summed E-state index contributed by atoms with van der Waals surface area (Å²) >= 11 is -2.53. The Morgan fingerprint density at radius 1 is 0.972 bits per heavy atom. The molecule has 0 spiro atoms. The molecule has 3 rings (SSSR count). The van der Waals surface area contributed by atoms with Crippen LogP contribution >= 0.6 is 0 Å². The van der Waals surface area contributed by atoms with Crippen molar-refractivity contribution in [3.05, 3.63) is 91.0 Å². The molecular formula is C31H41NO2SiSn. The Bertz CT molecular complexity index is 1200. The van der Waals surface area contributed by atoms with E-state index >= 15 is 0 Å². The normalized spacial score (nSPS) is 12.2. The zero-order valence-electron chi connectivity index (χ0n) is 22.9. The summed E-state index contributed by atoms with van der Waals surface area (Å²) in [6, 6.07) is 26.4. The van der Waals surface area contributed by atoms with Crippen LogP contribution in [0.25, 0.3) is 11.1 Å². The second-order valence-corrected chi connectivity index (χ2v) is 30.9. The van der Waals surface area contributed by atoms with Crippen LogP contribution in [0.2, 0.25) is 34.0 Å². The Hall–Kier alpha value is -2.31. The van der Waals surface area contributed by atoms with Gasteiger partial charge in [-0.15, -0.1) is 0 Å². The van der Waals surface area contributed by atoms with E-state index in [2.05, 4.69) is 82.3 Å². The SMILES string of the molecule is C=CCC[Si](C)(C)c1ccc(NC(=O)OC(C)(C)c2ccc(-c3ccccc3)cc2)[c]([Sn]([CH3])([CH3])[CH3])c1. The van der Waals surface area contributed by atoms with E-state index in [4.69, 9.17) is 4.74 Å². The van der Waals surface area contributed by atoms with Crippen LogP contribution in [0.3, 0.4) is 0 Å². The Kier molecular flexibility index (Phi) is 8.94. The minimum absolute atomic E-state index is 0.417. The van der Waals surface area contributed by atoms with Crippen LogP contribution in [0.5, 0.6) is 0 Å². The Morgan fingerprint density at radius 3 is 2.17 bits per heavy atom. The van der Waals surface area contributed by atoms with Gasteiger partial charge in [0.15, 0.2) is 0 Å². The van der Waals surface area contributed by atoms with E-state index in [0.29, 0.717) is 0 Å². The van der Waals surface area contributed by atoms with E-state index in [0.717, 1.165) is 23.2 Å². The zero-order valence-corrected chi connectivity index (χ0v) is 26.8. The van der Waals surface area contributed by atoms with Gasteiger partial charge in [-0.25, -0.2) is 0 Å². The fraction of sp³-hybridized carbons (Fsp3) is 0.323. The van der Waals surface area contributed by atoms with Gasteiger partial charge in [-0.2, -0.15) is 0 Å². The molecular weight excluding hydrogens is 565 g/mol. The molecule has 36 heavy (non-hydrogen) atoms. The number of anilines is 1. The molecule has 0 atom stereocenters. The summed E-state index contributed by atoms with van der Waals surface area (Å²) in [6.45, 7) is 12.6. The Labute approximate surface area is 222 Å². The van der Waals surface area contributed by atoms with Crippen molar-refractivity contribution < 1.29 is 9.53 Å². The van der Waals surface area contributed by atoms with Gasteiger partial charge in [0.05, 0.1) is 0 Å². The number of ether oxygens (including phenoxy) is 1. The van der Waals surface area contributed by atoms with Crippen molar-refractivity contribution in [2.45, 2.75) is 59.8 Å². The first-order valence-electron chi connectivity index (χ1n) is 12.8. The van der Waals surface area contributed by atoms with E-state index in [1.54, 1.807) is 0 Å². The third-order valence-electron chi connectivity index (χ3n) is 6.85. The summed E-state index contributed by atoms with van der Waals surface area (Å²) in [5, 5.41) is 4.54. The van der Waals surface area contributed by atoms with Gasteiger partial charge in [-0.05, 0) is 0 Å². The molecule has 0 heterocycles. The third-order valence-corrected chi connectivity index (χ3v) is 16.1. The molecule has 0 aliphatic heterocycles. The summed E-state index contributed by atoms with van der Waals surface area (Å²) in [7, 11) is -1.57. The quantitative estimate of drug-likeness (QED) is 0.199. The van der Waals surface area contributed by atoms with Crippen molar-refractivity contribution in [3.63, 3.8) is 0 Å².